The summed E-state index contributed by atoms with van der Waals surface area (Å²) in [6.45, 7) is 1.94. The molecule has 3 rings (SSSR count). The number of aliphatic hydroxyl groups is 1. The number of hydrogen-bond acceptors (Lipinski definition) is 2. The molecule has 1 atom stereocenters. The van der Waals surface area contributed by atoms with Crippen LogP contribution in [0.5, 0.6) is 0 Å². The van der Waals surface area contributed by atoms with Gasteiger partial charge in [-0.05, 0) is 40.5 Å². The Kier molecular flexibility index (Phi) is 3.17. The highest BCUT2D eigenvalue weighted by molar-refractivity contribution is 5.86. The van der Waals surface area contributed by atoms with Crippen molar-refractivity contribution in [3.63, 3.8) is 0 Å². The van der Waals surface area contributed by atoms with Gasteiger partial charge in [0.05, 0.1) is 0 Å². The molecule has 0 saturated carbocycles. The predicted octanol–water partition coefficient (Wildman–Crippen LogP) is 3.81. The fourth-order valence-electron chi connectivity index (χ4n) is 2.62. The average Bonchev–Trinajstić information content (AvgIpc) is 2.49. The molecule has 0 fully saturated rings. The summed E-state index contributed by atoms with van der Waals surface area (Å²) in [5.74, 6) is 0. The van der Waals surface area contributed by atoms with E-state index in [4.69, 9.17) is 5.73 Å². The molecule has 0 bridgehead atoms. The molecule has 100 valence electrons. The SMILES string of the molecule is Cc1c(N)cccc1C(O)c1cccc2ccccc12. The van der Waals surface area contributed by atoms with E-state index in [1.807, 2.05) is 55.5 Å². The standard InChI is InChI=1S/C18H17NO/c1-12-14(9-5-11-17(12)19)18(20)16-10-4-7-13-6-2-3-8-15(13)16/h2-11,18,20H,19H2,1H3. The van der Waals surface area contributed by atoms with E-state index in [0.717, 1.165) is 27.5 Å². The normalized spacial score (nSPS) is 12.5. The van der Waals surface area contributed by atoms with E-state index in [0.29, 0.717) is 5.69 Å². The van der Waals surface area contributed by atoms with E-state index < -0.39 is 6.10 Å². The lowest BCUT2D eigenvalue weighted by molar-refractivity contribution is 0.221. The summed E-state index contributed by atoms with van der Waals surface area (Å²) in [4.78, 5) is 0. The van der Waals surface area contributed by atoms with E-state index in [2.05, 4.69) is 12.1 Å². The third-order valence-electron chi connectivity index (χ3n) is 3.83. The smallest absolute Gasteiger partial charge is 0.105 e. The summed E-state index contributed by atoms with van der Waals surface area (Å²) >= 11 is 0. The summed E-state index contributed by atoms with van der Waals surface area (Å²) in [6.07, 6.45) is -0.662. The molecular formula is C18H17NO. The van der Waals surface area contributed by atoms with Crippen molar-refractivity contribution in [3.8, 4) is 0 Å². The summed E-state index contributed by atoms with van der Waals surface area (Å²) in [7, 11) is 0. The highest BCUT2D eigenvalue weighted by atomic mass is 16.3. The van der Waals surface area contributed by atoms with Gasteiger partial charge in [0.25, 0.3) is 0 Å². The van der Waals surface area contributed by atoms with Crippen LogP contribution in [0.2, 0.25) is 0 Å². The number of fused-ring (bicyclic) bond motifs is 1. The van der Waals surface area contributed by atoms with Crippen molar-refractivity contribution in [1.82, 2.24) is 0 Å². The van der Waals surface area contributed by atoms with Gasteiger partial charge in [0, 0.05) is 5.69 Å². The maximum absolute atomic E-state index is 10.7. The number of rotatable bonds is 2. The van der Waals surface area contributed by atoms with Crippen LogP contribution >= 0.6 is 0 Å². The number of anilines is 1. The van der Waals surface area contributed by atoms with Gasteiger partial charge in [0.1, 0.15) is 6.10 Å². The van der Waals surface area contributed by atoms with Crippen LogP contribution in [0.25, 0.3) is 10.8 Å². The summed E-state index contributed by atoms with van der Waals surface area (Å²) in [5.41, 5.74) is 9.36. The molecule has 0 aliphatic rings. The molecule has 0 aliphatic carbocycles. The lowest BCUT2D eigenvalue weighted by Crippen LogP contribution is -2.04. The first-order valence-corrected chi connectivity index (χ1v) is 6.69. The zero-order chi connectivity index (χ0) is 14.1. The van der Waals surface area contributed by atoms with Crippen LogP contribution in [0.15, 0.2) is 60.7 Å². The van der Waals surface area contributed by atoms with Crippen molar-refractivity contribution in [2.45, 2.75) is 13.0 Å². The Labute approximate surface area is 118 Å². The fraction of sp³-hybridized carbons (Fsp3) is 0.111. The molecule has 2 heteroatoms. The van der Waals surface area contributed by atoms with Gasteiger partial charge in [-0.15, -0.1) is 0 Å². The Morgan fingerprint density at radius 2 is 1.50 bits per heavy atom. The maximum Gasteiger partial charge on any atom is 0.105 e. The largest absolute Gasteiger partial charge is 0.399 e. The molecule has 0 amide bonds. The highest BCUT2D eigenvalue weighted by Crippen LogP contribution is 2.31. The molecule has 0 saturated heterocycles. The van der Waals surface area contributed by atoms with Crippen LogP contribution < -0.4 is 5.73 Å². The van der Waals surface area contributed by atoms with Crippen LogP contribution in [-0.4, -0.2) is 5.11 Å². The van der Waals surface area contributed by atoms with Crippen LogP contribution in [0.3, 0.4) is 0 Å². The van der Waals surface area contributed by atoms with Crippen LogP contribution in [-0.2, 0) is 0 Å². The number of hydrogen-bond donors (Lipinski definition) is 2. The van der Waals surface area contributed by atoms with Gasteiger partial charge in [-0.1, -0.05) is 54.6 Å². The molecular weight excluding hydrogens is 246 g/mol. The molecule has 2 nitrogen and oxygen atoms in total. The van der Waals surface area contributed by atoms with E-state index in [-0.39, 0.29) is 0 Å². The van der Waals surface area contributed by atoms with Crippen molar-refractivity contribution in [3.05, 3.63) is 77.4 Å². The van der Waals surface area contributed by atoms with Gasteiger partial charge in [0.2, 0.25) is 0 Å². The van der Waals surface area contributed by atoms with Gasteiger partial charge in [0.15, 0.2) is 0 Å². The predicted molar refractivity (Wildman–Crippen MR) is 83.6 cm³/mol. The van der Waals surface area contributed by atoms with Gasteiger partial charge >= 0.3 is 0 Å². The molecule has 0 spiro atoms. The average molecular weight is 263 g/mol. The van der Waals surface area contributed by atoms with Gasteiger partial charge in [-0.3, -0.25) is 0 Å². The molecule has 3 aromatic rings. The van der Waals surface area contributed by atoms with Gasteiger partial charge < -0.3 is 10.8 Å². The van der Waals surface area contributed by atoms with Gasteiger partial charge in [-0.2, -0.15) is 0 Å². The Balaban J connectivity index is 2.18. The number of benzene rings is 3. The van der Waals surface area contributed by atoms with Crippen molar-refractivity contribution in [2.24, 2.45) is 0 Å². The monoisotopic (exact) mass is 263 g/mol. The second-order valence-corrected chi connectivity index (χ2v) is 5.03. The minimum absolute atomic E-state index is 0.662. The third-order valence-corrected chi connectivity index (χ3v) is 3.83. The molecule has 20 heavy (non-hydrogen) atoms. The van der Waals surface area contributed by atoms with Crippen molar-refractivity contribution in [2.75, 3.05) is 5.73 Å². The highest BCUT2D eigenvalue weighted by Gasteiger charge is 2.16. The first-order chi connectivity index (χ1) is 9.68. The third kappa shape index (κ3) is 2.04. The molecule has 0 aliphatic heterocycles. The maximum atomic E-state index is 10.7. The molecule has 1 unspecified atom stereocenters. The summed E-state index contributed by atoms with van der Waals surface area (Å²) in [5, 5.41) is 12.9. The number of nitrogens with two attached hydrogens (primary N) is 1. The van der Waals surface area contributed by atoms with Gasteiger partial charge in [-0.25, -0.2) is 0 Å². The van der Waals surface area contributed by atoms with Crippen molar-refractivity contribution >= 4 is 16.5 Å². The molecule has 3 N–H and O–H groups in total. The Hall–Kier alpha value is -2.32. The van der Waals surface area contributed by atoms with Crippen molar-refractivity contribution in [1.29, 1.82) is 0 Å². The topological polar surface area (TPSA) is 46.2 Å². The molecule has 0 radical (unpaired) electrons. The zero-order valence-electron chi connectivity index (χ0n) is 11.4. The van der Waals surface area contributed by atoms with E-state index in [1.54, 1.807) is 0 Å². The second-order valence-electron chi connectivity index (χ2n) is 5.03. The minimum Gasteiger partial charge on any atom is -0.399 e. The molecule has 0 heterocycles. The van der Waals surface area contributed by atoms with E-state index in [9.17, 15) is 5.11 Å². The van der Waals surface area contributed by atoms with E-state index in [1.165, 1.54) is 0 Å². The Bertz CT molecular complexity index is 759. The zero-order valence-corrected chi connectivity index (χ0v) is 11.4. The molecule has 3 aromatic carbocycles. The number of nitrogen functional groups attached to an aromatic ring is 1. The van der Waals surface area contributed by atoms with Crippen LogP contribution in [0.1, 0.15) is 22.8 Å². The molecule has 0 aromatic heterocycles. The Morgan fingerprint density at radius 3 is 2.35 bits per heavy atom. The first-order valence-electron chi connectivity index (χ1n) is 6.69. The van der Waals surface area contributed by atoms with Crippen LogP contribution in [0, 0.1) is 6.92 Å². The number of aliphatic hydroxyl groups excluding tert-OH is 1. The lowest BCUT2D eigenvalue weighted by Gasteiger charge is -2.17. The fourth-order valence-corrected chi connectivity index (χ4v) is 2.62. The lowest BCUT2D eigenvalue weighted by atomic mass is 9.93. The summed E-state index contributed by atoms with van der Waals surface area (Å²) in [6, 6.07) is 19.7. The first kappa shape index (κ1) is 12.7. The van der Waals surface area contributed by atoms with Crippen molar-refractivity contribution < 1.29 is 5.11 Å². The van der Waals surface area contributed by atoms with Crippen LogP contribution in [0.4, 0.5) is 5.69 Å². The Morgan fingerprint density at radius 1 is 0.850 bits per heavy atom. The second kappa shape index (κ2) is 4.99. The minimum atomic E-state index is -0.662. The summed E-state index contributed by atoms with van der Waals surface area (Å²) < 4.78 is 0. The quantitative estimate of drug-likeness (QED) is 0.691. The van der Waals surface area contributed by atoms with E-state index >= 15 is 0 Å².